The van der Waals surface area contributed by atoms with Crippen molar-refractivity contribution in [2.45, 2.75) is 62.0 Å². The highest BCUT2D eigenvalue weighted by molar-refractivity contribution is 7.99. The normalized spacial score (nSPS) is 27.0. The lowest BCUT2D eigenvalue weighted by atomic mass is 9.73. The summed E-state index contributed by atoms with van der Waals surface area (Å²) in [7, 11) is 0. The lowest BCUT2D eigenvalue weighted by molar-refractivity contribution is -0.959. The van der Waals surface area contributed by atoms with Crippen LogP contribution >= 0.6 is 11.8 Å². The first-order chi connectivity index (χ1) is 18.0. The van der Waals surface area contributed by atoms with Crippen LogP contribution in [0.5, 0.6) is 0 Å². The van der Waals surface area contributed by atoms with Gasteiger partial charge in [-0.1, -0.05) is 49.6 Å². The molecule has 0 amide bonds. The number of oxazole rings is 1. The van der Waals surface area contributed by atoms with Crippen LogP contribution < -0.4 is 17.0 Å². The zero-order chi connectivity index (χ0) is 25.3. The molecular weight excluding hydrogens is 563 g/mol. The van der Waals surface area contributed by atoms with E-state index in [0.717, 1.165) is 71.1 Å². The average molecular weight is 602 g/mol. The Hall–Kier alpha value is -1.67. The van der Waals surface area contributed by atoms with Gasteiger partial charge in [0.1, 0.15) is 12.4 Å². The predicted octanol–water partition coefficient (Wildman–Crippen LogP) is 3.78. The van der Waals surface area contributed by atoms with Crippen LogP contribution in [0.15, 0.2) is 70.1 Å². The van der Waals surface area contributed by atoms with E-state index in [4.69, 9.17) is 9.40 Å². The Morgan fingerprint density at radius 3 is 2.39 bits per heavy atom. The maximum atomic E-state index is 13.3. The van der Waals surface area contributed by atoms with Crippen molar-refractivity contribution in [1.29, 1.82) is 0 Å². The lowest BCUT2D eigenvalue weighted by Gasteiger charge is -2.52. The van der Waals surface area contributed by atoms with Crippen molar-refractivity contribution in [3.05, 3.63) is 83.8 Å². The topological polar surface area (TPSA) is 46.3 Å². The largest absolute Gasteiger partial charge is 1.00 e. The van der Waals surface area contributed by atoms with Crippen molar-refractivity contribution in [3.8, 4) is 0 Å². The smallest absolute Gasteiger partial charge is 0.231 e. The van der Waals surface area contributed by atoms with E-state index in [1.165, 1.54) is 32.4 Å². The zero-order valence-electron chi connectivity index (χ0n) is 21.9. The van der Waals surface area contributed by atoms with Crippen LogP contribution in [0.1, 0.15) is 62.2 Å². The lowest BCUT2D eigenvalue weighted by Crippen LogP contribution is -3.00. The maximum absolute atomic E-state index is 13.3. The van der Waals surface area contributed by atoms with Crippen LogP contribution in [0.4, 0.5) is 4.39 Å². The second kappa shape index (κ2) is 11.8. The minimum absolute atomic E-state index is 0. The molecule has 4 fully saturated rings. The summed E-state index contributed by atoms with van der Waals surface area (Å²) < 4.78 is 20.8. The summed E-state index contributed by atoms with van der Waals surface area (Å²) >= 11 is 1.86. The van der Waals surface area contributed by atoms with E-state index in [1.54, 1.807) is 12.1 Å². The number of aromatic nitrogens is 1. The van der Waals surface area contributed by atoms with E-state index in [0.29, 0.717) is 11.8 Å². The first kappa shape index (κ1) is 27.9. The molecule has 2 aromatic carbocycles. The van der Waals surface area contributed by atoms with Gasteiger partial charge in [0.05, 0.1) is 25.8 Å². The number of hydrogen-bond acceptors (Lipinski definition) is 4. The molecule has 3 aliphatic heterocycles. The summed E-state index contributed by atoms with van der Waals surface area (Å²) in [6.45, 7) is 4.36. The number of hydrogen-bond donors (Lipinski definition) is 1. The molecule has 4 nitrogen and oxygen atoms in total. The molecule has 4 heterocycles. The highest BCUT2D eigenvalue weighted by Gasteiger charge is 2.48. The van der Waals surface area contributed by atoms with E-state index in [2.05, 4.69) is 0 Å². The minimum Gasteiger partial charge on any atom is -1.00 e. The fourth-order valence-electron chi connectivity index (χ4n) is 7.22. The van der Waals surface area contributed by atoms with Gasteiger partial charge in [-0.25, -0.2) is 9.37 Å². The van der Waals surface area contributed by atoms with E-state index in [9.17, 15) is 9.50 Å². The van der Waals surface area contributed by atoms with Crippen molar-refractivity contribution < 1.29 is 35.4 Å². The van der Waals surface area contributed by atoms with Gasteiger partial charge >= 0.3 is 0 Å². The van der Waals surface area contributed by atoms with Gasteiger partial charge in [0.2, 0.25) is 5.89 Å². The van der Waals surface area contributed by atoms with Crippen LogP contribution in [0.3, 0.4) is 0 Å². The SMILES string of the molecule is O[C@](c1ccccc1)(c1ncc(C[N+]23CCC(CC2)C(CSc2ccc(F)cc2)C3)o1)C1CCCCC1.[Br-]. The van der Waals surface area contributed by atoms with E-state index >= 15 is 0 Å². The molecule has 1 aromatic heterocycles. The number of thioether (sulfide) groups is 1. The summed E-state index contributed by atoms with van der Waals surface area (Å²) in [5, 5.41) is 12.2. The molecule has 7 rings (SSSR count). The molecule has 2 atom stereocenters. The molecule has 1 N–H and O–H groups in total. The molecule has 3 aromatic rings. The fourth-order valence-corrected chi connectivity index (χ4v) is 8.33. The van der Waals surface area contributed by atoms with E-state index in [-0.39, 0.29) is 28.7 Å². The molecule has 2 bridgehead atoms. The number of fused-ring (bicyclic) bond motifs is 3. The van der Waals surface area contributed by atoms with Crippen LogP contribution in [0.2, 0.25) is 0 Å². The second-order valence-corrected chi connectivity index (χ2v) is 12.7. The molecule has 0 radical (unpaired) electrons. The minimum atomic E-state index is -1.18. The van der Waals surface area contributed by atoms with Crippen molar-refractivity contribution >= 4 is 11.8 Å². The van der Waals surface area contributed by atoms with Crippen molar-refractivity contribution in [1.82, 2.24) is 4.98 Å². The van der Waals surface area contributed by atoms with Crippen LogP contribution in [0, 0.1) is 23.6 Å². The Balaban J connectivity index is 0.00000294. The quantitative estimate of drug-likeness (QED) is 0.316. The number of aliphatic hydroxyl groups is 1. The molecular formula is C31H38BrFN2O2S. The van der Waals surface area contributed by atoms with Crippen LogP contribution in [-0.4, -0.2) is 40.0 Å². The molecule has 1 aliphatic carbocycles. The summed E-state index contributed by atoms with van der Waals surface area (Å²) in [4.78, 5) is 5.87. The fraction of sp³-hybridized carbons (Fsp3) is 0.516. The monoisotopic (exact) mass is 600 g/mol. The molecule has 38 heavy (non-hydrogen) atoms. The maximum Gasteiger partial charge on any atom is 0.231 e. The Labute approximate surface area is 240 Å². The van der Waals surface area contributed by atoms with Crippen molar-refractivity contribution in [2.75, 3.05) is 25.4 Å². The van der Waals surface area contributed by atoms with Crippen LogP contribution in [0.25, 0.3) is 0 Å². The van der Waals surface area contributed by atoms with Crippen molar-refractivity contribution in [2.24, 2.45) is 17.8 Å². The predicted molar refractivity (Wildman–Crippen MR) is 144 cm³/mol. The number of quaternary nitrogens is 1. The Bertz CT molecular complexity index is 1180. The third-order valence-electron chi connectivity index (χ3n) is 9.30. The Morgan fingerprint density at radius 1 is 0.974 bits per heavy atom. The number of benzene rings is 2. The molecule has 4 aliphatic rings. The third-order valence-corrected chi connectivity index (χ3v) is 10.5. The zero-order valence-corrected chi connectivity index (χ0v) is 24.3. The number of nitrogens with zero attached hydrogens (tertiary/aromatic N) is 2. The van der Waals surface area contributed by atoms with Crippen molar-refractivity contribution in [3.63, 3.8) is 0 Å². The van der Waals surface area contributed by atoms with Gasteiger partial charge in [0.25, 0.3) is 0 Å². The number of halogens is 2. The summed E-state index contributed by atoms with van der Waals surface area (Å²) in [5.74, 6) is 3.83. The van der Waals surface area contributed by atoms with E-state index in [1.807, 2.05) is 60.4 Å². The molecule has 204 valence electrons. The standard InChI is InChI=1S/C31H38FN2O2S.BrH/c32-27-11-13-29(14-12-27)37-22-24-20-34(17-15-23(24)16-18-34)21-28-19-33-30(36-28)31(35,25-7-3-1-4-8-25)26-9-5-2-6-10-26;/h1,3-4,7-8,11-14,19,23-24,26,35H,2,5-6,9-10,15-18,20-22H2;1H/q+1;/p-1/t23?,24?,31-,34?;/m0./s1. The van der Waals surface area contributed by atoms with Gasteiger partial charge in [-0.2, -0.15) is 0 Å². The van der Waals surface area contributed by atoms with E-state index < -0.39 is 5.60 Å². The highest BCUT2D eigenvalue weighted by atomic mass is 79.9. The highest BCUT2D eigenvalue weighted by Crippen LogP contribution is 2.45. The van der Waals surface area contributed by atoms with Gasteiger partial charge in [-0.05, 0) is 48.6 Å². The third kappa shape index (κ3) is 5.63. The molecule has 1 unspecified atom stereocenters. The second-order valence-electron chi connectivity index (χ2n) is 11.6. The first-order valence-electron chi connectivity index (χ1n) is 14.0. The molecule has 7 heteroatoms. The number of rotatable bonds is 8. The van der Waals surface area contributed by atoms with Gasteiger partial charge in [0.15, 0.2) is 11.4 Å². The summed E-state index contributed by atoms with van der Waals surface area (Å²) in [6.07, 6.45) is 9.91. The Morgan fingerprint density at radius 2 is 1.68 bits per heavy atom. The van der Waals surface area contributed by atoms with Gasteiger partial charge in [-0.15, -0.1) is 11.8 Å². The Kier molecular flexibility index (Phi) is 8.68. The summed E-state index contributed by atoms with van der Waals surface area (Å²) in [5.41, 5.74) is -0.289. The van der Waals surface area contributed by atoms with Gasteiger partial charge < -0.3 is 31.0 Å². The van der Waals surface area contributed by atoms with Gasteiger partial charge in [-0.3, -0.25) is 0 Å². The molecule has 3 saturated heterocycles. The number of piperidine rings is 3. The molecule has 1 saturated carbocycles. The van der Waals surface area contributed by atoms with Crippen LogP contribution in [-0.2, 0) is 12.1 Å². The average Bonchev–Trinajstić information content (AvgIpc) is 3.42. The van der Waals surface area contributed by atoms with Gasteiger partial charge in [0, 0.05) is 35.3 Å². The first-order valence-corrected chi connectivity index (χ1v) is 15.0. The summed E-state index contributed by atoms with van der Waals surface area (Å²) in [6, 6.07) is 16.9. The molecule has 0 spiro atoms.